The Balaban J connectivity index is -0.000000354. The first-order valence-electron chi connectivity index (χ1n) is 8.54. The van der Waals surface area contributed by atoms with E-state index in [0.717, 1.165) is 13.1 Å². The fourth-order valence-corrected chi connectivity index (χ4v) is 1.52. The van der Waals surface area contributed by atoms with E-state index in [1.807, 2.05) is 36.4 Å². The fourth-order valence-electron chi connectivity index (χ4n) is 1.52. The molecule has 0 aliphatic heterocycles. The summed E-state index contributed by atoms with van der Waals surface area (Å²) in [7, 11) is -14.0. The van der Waals surface area contributed by atoms with Gasteiger partial charge < -0.3 is 10.6 Å². The molecule has 0 aromatic heterocycles. The van der Waals surface area contributed by atoms with Crippen LogP contribution in [0.25, 0.3) is 0 Å². The summed E-state index contributed by atoms with van der Waals surface area (Å²) in [5.41, 5.74) is 2.39. The average molecular weight is 537 g/mol. The molecule has 8 N–H and O–H groups in total. The molecule has 2 aromatic carbocycles. The molecule has 0 saturated heterocycles. The number of anilines is 2. The van der Waals surface area contributed by atoms with Crippen molar-refractivity contribution < 1.29 is 52.6 Å². The van der Waals surface area contributed by atoms with E-state index < -0.39 is 31.2 Å². The first-order valence-corrected chi connectivity index (χ1v) is 12.7. The molecule has 0 unspecified atom stereocenters. The molecule has 0 aliphatic rings. The zero-order valence-corrected chi connectivity index (χ0v) is 20.0. The minimum absolute atomic E-state index is 0.990. The van der Waals surface area contributed by atoms with Crippen molar-refractivity contribution in [3.05, 3.63) is 60.7 Å². The second-order valence-electron chi connectivity index (χ2n) is 5.14. The van der Waals surface area contributed by atoms with E-state index in [-0.39, 0.29) is 0 Å². The summed E-state index contributed by atoms with van der Waals surface area (Å²) < 4.78 is 94.8. The second-order valence-corrected chi connectivity index (χ2v) is 7.82. The molecule has 2 aromatic rings. The zero-order chi connectivity index (χ0) is 26.6. The highest BCUT2D eigenvalue weighted by atomic mass is 32.3. The van der Waals surface area contributed by atoms with Crippen molar-refractivity contribution in [1.82, 2.24) is 0 Å². The lowest BCUT2D eigenvalue weighted by molar-refractivity contribution is 0.378. The minimum Gasteiger partial charge on any atom is -0.385 e. The van der Waals surface area contributed by atoms with E-state index in [1.54, 1.807) is 0 Å². The van der Waals surface area contributed by atoms with Gasteiger partial charge in [0.2, 0.25) is 0 Å². The number of hydrogen-bond acceptors (Lipinski definition) is 8. The molecular weight excluding hydrogens is 508 g/mol. The maximum atomic E-state index is 8.74. The van der Waals surface area contributed by atoms with E-state index in [1.165, 1.54) is 11.4 Å². The summed E-state index contributed by atoms with van der Waals surface area (Å²) in [6.45, 7) is 6.16. The normalized spacial score (nSPS) is 10.2. The molecular formula is C16H28N2O12S3. The van der Waals surface area contributed by atoms with Crippen LogP contribution in [-0.4, -0.2) is 65.7 Å². The van der Waals surface area contributed by atoms with Crippen LogP contribution < -0.4 is 10.6 Å². The van der Waals surface area contributed by atoms with Crippen LogP contribution >= 0.6 is 0 Å². The maximum Gasteiger partial charge on any atom is 0.394 e. The van der Waals surface area contributed by atoms with Crippen molar-refractivity contribution in [2.45, 2.75) is 13.8 Å². The monoisotopic (exact) mass is 536 g/mol. The Morgan fingerprint density at radius 3 is 0.848 bits per heavy atom. The van der Waals surface area contributed by atoms with Gasteiger partial charge in [0.05, 0.1) is 0 Å². The van der Waals surface area contributed by atoms with Crippen LogP contribution in [0, 0.1) is 0 Å². The van der Waals surface area contributed by atoms with Gasteiger partial charge in [-0.1, -0.05) is 36.4 Å². The van der Waals surface area contributed by atoms with Crippen LogP contribution in [0.15, 0.2) is 60.7 Å². The van der Waals surface area contributed by atoms with Crippen LogP contribution in [0.2, 0.25) is 0 Å². The molecule has 0 fully saturated rings. The predicted octanol–water partition coefficient (Wildman–Crippen LogP) is 2.28. The van der Waals surface area contributed by atoms with Crippen molar-refractivity contribution >= 4 is 42.6 Å². The molecule has 0 heterocycles. The van der Waals surface area contributed by atoms with Crippen molar-refractivity contribution in [2.24, 2.45) is 0 Å². The van der Waals surface area contributed by atoms with Crippen LogP contribution in [0.1, 0.15) is 13.8 Å². The van der Waals surface area contributed by atoms with Gasteiger partial charge in [0.25, 0.3) is 0 Å². The molecule has 0 saturated carbocycles. The summed E-state index contributed by atoms with van der Waals surface area (Å²) in [4.78, 5) is 0. The largest absolute Gasteiger partial charge is 0.394 e. The van der Waals surface area contributed by atoms with Crippen molar-refractivity contribution in [3.63, 3.8) is 0 Å². The smallest absolute Gasteiger partial charge is 0.385 e. The van der Waals surface area contributed by atoms with Gasteiger partial charge in [-0.2, -0.15) is 25.3 Å². The van der Waals surface area contributed by atoms with Crippen molar-refractivity contribution in [3.8, 4) is 0 Å². The van der Waals surface area contributed by atoms with Crippen LogP contribution in [0.4, 0.5) is 11.4 Å². The Kier molecular flexibility index (Phi) is 20.5. The predicted molar refractivity (Wildman–Crippen MR) is 124 cm³/mol. The lowest BCUT2D eigenvalue weighted by atomic mass is 10.3. The van der Waals surface area contributed by atoms with E-state index in [4.69, 9.17) is 52.6 Å². The van der Waals surface area contributed by atoms with Gasteiger partial charge in [-0.15, -0.1) is 0 Å². The molecule has 0 bridgehead atoms. The molecule has 2 rings (SSSR count). The molecule has 0 aliphatic carbocycles. The summed E-state index contributed by atoms with van der Waals surface area (Å²) >= 11 is 0. The molecule has 0 spiro atoms. The van der Waals surface area contributed by atoms with E-state index in [2.05, 4.69) is 48.7 Å². The third kappa shape index (κ3) is 58.7. The summed E-state index contributed by atoms with van der Waals surface area (Å²) in [6.07, 6.45) is 0. The second kappa shape index (κ2) is 19.1. The summed E-state index contributed by atoms with van der Waals surface area (Å²) in [6, 6.07) is 20.4. The van der Waals surface area contributed by atoms with Gasteiger partial charge in [-0.25, -0.2) is 0 Å². The topological polar surface area (TPSA) is 248 Å². The lowest BCUT2D eigenvalue weighted by Crippen LogP contribution is -1.94. The average Bonchev–Trinajstić information content (AvgIpc) is 2.60. The lowest BCUT2D eigenvalue weighted by Gasteiger charge is -1.99. The van der Waals surface area contributed by atoms with E-state index in [0.29, 0.717) is 0 Å². The summed E-state index contributed by atoms with van der Waals surface area (Å²) in [5.74, 6) is 0. The highest BCUT2D eigenvalue weighted by Crippen LogP contribution is 2.03. The highest BCUT2D eigenvalue weighted by molar-refractivity contribution is 7.80. The maximum absolute atomic E-state index is 8.74. The molecule has 17 heteroatoms. The molecule has 0 radical (unpaired) electrons. The zero-order valence-electron chi connectivity index (χ0n) is 17.5. The molecule has 33 heavy (non-hydrogen) atoms. The summed E-state index contributed by atoms with van der Waals surface area (Å²) in [5, 5.41) is 6.42. The van der Waals surface area contributed by atoms with E-state index >= 15 is 0 Å². The highest BCUT2D eigenvalue weighted by Gasteiger charge is 1.86. The van der Waals surface area contributed by atoms with Gasteiger partial charge in [-0.3, -0.25) is 27.3 Å². The van der Waals surface area contributed by atoms with Gasteiger partial charge in [0, 0.05) is 24.5 Å². The third-order valence-electron chi connectivity index (χ3n) is 2.31. The van der Waals surface area contributed by atoms with Crippen LogP contribution in [-0.2, 0) is 31.2 Å². The van der Waals surface area contributed by atoms with Crippen molar-refractivity contribution in [2.75, 3.05) is 23.7 Å². The Hall–Kier alpha value is -2.35. The number of nitrogens with one attached hydrogen (secondary N) is 2. The van der Waals surface area contributed by atoms with Crippen LogP contribution in [0.5, 0.6) is 0 Å². The molecule has 0 amide bonds. The minimum atomic E-state index is -4.67. The first kappa shape index (κ1) is 35.2. The SMILES string of the molecule is CCNc1ccccc1.CCNc1ccccc1.O=S(=O)(O)O.O=S(=O)(O)O.O=S(=O)(O)O. The number of hydrogen-bond donors (Lipinski definition) is 8. The molecule has 14 nitrogen and oxygen atoms in total. The van der Waals surface area contributed by atoms with Crippen LogP contribution in [0.3, 0.4) is 0 Å². The molecule has 192 valence electrons. The van der Waals surface area contributed by atoms with Gasteiger partial charge >= 0.3 is 31.2 Å². The Labute approximate surface area is 193 Å². The number of benzene rings is 2. The van der Waals surface area contributed by atoms with E-state index in [9.17, 15) is 0 Å². The Morgan fingerprint density at radius 2 is 0.697 bits per heavy atom. The Bertz CT molecular complexity index is 894. The molecule has 0 atom stereocenters. The number of rotatable bonds is 4. The standard InChI is InChI=1S/2C8H11N.3H2O4S/c2*1-2-9-8-6-4-3-5-7-8;3*1-5(2,3)4/h2*3-7,9H,2H2,1H3;3*(H2,1,2,3,4). The quantitative estimate of drug-likeness (QED) is 0.261. The number of para-hydroxylation sites is 2. The van der Waals surface area contributed by atoms with Gasteiger partial charge in [0.15, 0.2) is 0 Å². The van der Waals surface area contributed by atoms with Crippen molar-refractivity contribution in [1.29, 1.82) is 0 Å². The fraction of sp³-hybridized carbons (Fsp3) is 0.250. The third-order valence-corrected chi connectivity index (χ3v) is 2.31. The van der Waals surface area contributed by atoms with Gasteiger partial charge in [-0.05, 0) is 38.1 Å². The Morgan fingerprint density at radius 1 is 0.515 bits per heavy atom. The van der Waals surface area contributed by atoms with Gasteiger partial charge in [0.1, 0.15) is 0 Å². The first-order chi connectivity index (χ1) is 14.9.